The molecule has 0 spiro atoms. The van der Waals surface area contributed by atoms with Crippen molar-refractivity contribution < 1.29 is 37.5 Å². The van der Waals surface area contributed by atoms with Crippen LogP contribution in [0.3, 0.4) is 0 Å². The zero-order valence-corrected chi connectivity index (χ0v) is 25.6. The molecule has 0 saturated carbocycles. The molecular weight excluding hydrogens is 579 g/mol. The van der Waals surface area contributed by atoms with Gasteiger partial charge in [-0.3, -0.25) is 18.9 Å². The monoisotopic (exact) mass is 617 g/mol. The average molecular weight is 618 g/mol. The first-order valence-electron chi connectivity index (χ1n) is 14.3. The van der Waals surface area contributed by atoms with Crippen molar-refractivity contribution in [1.82, 2.24) is 10.2 Å². The second kappa shape index (κ2) is 12.3. The summed E-state index contributed by atoms with van der Waals surface area (Å²) in [6, 6.07) is 10.5. The van der Waals surface area contributed by atoms with E-state index in [1.807, 2.05) is 45.0 Å². The molecule has 2 heterocycles. The minimum atomic E-state index is -5.71. The number of hydrogen-bond donors (Lipinski definition) is 3. The number of para-hydroxylation sites is 1. The fourth-order valence-electron chi connectivity index (χ4n) is 5.61. The van der Waals surface area contributed by atoms with Gasteiger partial charge in [0.25, 0.3) is 0 Å². The molecule has 3 N–H and O–H groups in total. The molecule has 232 valence electrons. The number of aryl methyl sites for hydroxylation is 1. The highest BCUT2D eigenvalue weighted by Crippen LogP contribution is 2.59. The first-order chi connectivity index (χ1) is 20.0. The van der Waals surface area contributed by atoms with Crippen LogP contribution in [0.1, 0.15) is 63.6 Å². The molecule has 1 saturated heterocycles. The zero-order valence-electron chi connectivity index (χ0n) is 24.7. The summed E-state index contributed by atoms with van der Waals surface area (Å²) in [4.78, 5) is 62.1. The summed E-state index contributed by atoms with van der Waals surface area (Å²) >= 11 is 0. The lowest BCUT2D eigenvalue weighted by molar-refractivity contribution is -0.142. The predicted octanol–water partition coefficient (Wildman–Crippen LogP) is 4.82. The van der Waals surface area contributed by atoms with Crippen LogP contribution in [0.5, 0.6) is 0 Å². The maximum Gasteiger partial charge on any atom is 0.399 e. The van der Waals surface area contributed by atoms with Gasteiger partial charge in [-0.2, -0.15) is 8.78 Å². The van der Waals surface area contributed by atoms with Crippen molar-refractivity contribution in [3.8, 4) is 0 Å². The van der Waals surface area contributed by atoms with Crippen LogP contribution in [0.15, 0.2) is 54.6 Å². The summed E-state index contributed by atoms with van der Waals surface area (Å²) in [6.07, 6.45) is 4.16. The summed E-state index contributed by atoms with van der Waals surface area (Å²) in [5.74, 6) is -1.06. The molecule has 0 aromatic heterocycles. The molecule has 1 fully saturated rings. The van der Waals surface area contributed by atoms with Crippen LogP contribution in [-0.4, -0.2) is 57.6 Å². The van der Waals surface area contributed by atoms with Gasteiger partial charge in [-0.05, 0) is 60.8 Å². The number of halogens is 2. The highest BCUT2D eigenvalue weighted by atomic mass is 31.2. The minimum absolute atomic E-state index is 0.125. The van der Waals surface area contributed by atoms with Gasteiger partial charge < -0.3 is 24.9 Å². The maximum absolute atomic E-state index is 14.0. The molecule has 2 aromatic rings. The average Bonchev–Trinajstić information content (AvgIpc) is 3.44. The number of carbonyl (C=O) groups is 3. The molecule has 2 atom stereocenters. The van der Waals surface area contributed by atoms with Crippen molar-refractivity contribution in [3.05, 3.63) is 71.3 Å². The van der Waals surface area contributed by atoms with Crippen LogP contribution < -0.4 is 10.2 Å². The molecule has 2 unspecified atom stereocenters. The lowest BCUT2D eigenvalue weighted by atomic mass is 9.85. The predicted molar refractivity (Wildman–Crippen MR) is 159 cm³/mol. The third-order valence-corrected chi connectivity index (χ3v) is 8.99. The standard InChI is InChI=1S/C31H38F2N3O6P/c1-20(21-13-15-23(16-14-21)31(32,33)43(40,41)42)19-26(37)34-27(30(2,3)4)29(39)36-18-8-12-25(36)28(38)35-17-7-10-22-9-5-6-11-24(22)35/h5-6,9,11,13-16,19,25,27H,7-8,10,12,17-18H2,1-4H3,(H,34,37)(H2,40,41,42)/b20-19+. The highest BCUT2D eigenvalue weighted by Gasteiger charge is 2.50. The van der Waals surface area contributed by atoms with E-state index in [0.29, 0.717) is 37.1 Å². The molecule has 43 heavy (non-hydrogen) atoms. The molecule has 0 radical (unpaired) electrons. The second-order valence-electron chi connectivity index (χ2n) is 12.2. The Bertz CT molecular complexity index is 1460. The molecule has 0 bridgehead atoms. The second-order valence-corrected chi connectivity index (χ2v) is 13.9. The van der Waals surface area contributed by atoms with Gasteiger partial charge in [0.15, 0.2) is 0 Å². The zero-order chi connectivity index (χ0) is 31.7. The quantitative estimate of drug-likeness (QED) is 0.302. The molecular formula is C31H38F2N3O6P. The van der Waals surface area contributed by atoms with Crippen LogP contribution in [0.2, 0.25) is 0 Å². The number of rotatable bonds is 7. The van der Waals surface area contributed by atoms with Crippen LogP contribution in [0, 0.1) is 5.41 Å². The summed E-state index contributed by atoms with van der Waals surface area (Å²) in [7, 11) is -5.71. The van der Waals surface area contributed by atoms with Gasteiger partial charge in [0, 0.05) is 30.4 Å². The van der Waals surface area contributed by atoms with Crippen molar-refractivity contribution in [1.29, 1.82) is 0 Å². The number of anilines is 1. The Balaban J connectivity index is 1.50. The van der Waals surface area contributed by atoms with Gasteiger partial charge in [0.1, 0.15) is 12.1 Å². The number of carbonyl (C=O) groups excluding carboxylic acids is 3. The van der Waals surface area contributed by atoms with E-state index in [0.717, 1.165) is 36.2 Å². The van der Waals surface area contributed by atoms with Crippen molar-refractivity contribution in [2.45, 2.75) is 71.1 Å². The van der Waals surface area contributed by atoms with E-state index in [9.17, 15) is 27.7 Å². The van der Waals surface area contributed by atoms with E-state index in [1.54, 1.807) is 16.7 Å². The highest BCUT2D eigenvalue weighted by molar-refractivity contribution is 7.52. The molecule has 12 heteroatoms. The molecule has 3 amide bonds. The number of hydrogen-bond acceptors (Lipinski definition) is 4. The topological polar surface area (TPSA) is 127 Å². The molecule has 2 aliphatic rings. The number of nitrogens with one attached hydrogen (secondary N) is 1. The SMILES string of the molecule is C/C(=C\C(=O)NC(C(=O)N1CCCC1C(=O)N1CCCc2ccccc21)C(C)(C)C)c1ccc(C(F)(F)P(=O)(O)O)cc1. The van der Waals surface area contributed by atoms with E-state index in [2.05, 4.69) is 5.32 Å². The van der Waals surface area contributed by atoms with E-state index < -0.39 is 42.2 Å². The Kier molecular flexibility index (Phi) is 9.30. The normalized spacial score (nSPS) is 18.7. The first kappa shape index (κ1) is 32.5. The summed E-state index contributed by atoms with van der Waals surface area (Å²) in [5, 5.41) is 2.79. The largest absolute Gasteiger partial charge is 0.399 e. The van der Waals surface area contributed by atoms with E-state index >= 15 is 0 Å². The van der Waals surface area contributed by atoms with Crippen molar-refractivity contribution >= 4 is 36.6 Å². The molecule has 4 rings (SSSR count). The lowest BCUT2D eigenvalue weighted by Crippen LogP contribution is -2.58. The van der Waals surface area contributed by atoms with Crippen molar-refractivity contribution in [2.24, 2.45) is 5.41 Å². The number of amides is 3. The van der Waals surface area contributed by atoms with Crippen LogP contribution in [0.4, 0.5) is 14.5 Å². The number of benzene rings is 2. The van der Waals surface area contributed by atoms with Crippen LogP contribution >= 0.6 is 7.60 Å². The summed E-state index contributed by atoms with van der Waals surface area (Å²) < 4.78 is 39.2. The van der Waals surface area contributed by atoms with Gasteiger partial charge in [0.05, 0.1) is 0 Å². The van der Waals surface area contributed by atoms with Gasteiger partial charge >= 0.3 is 13.3 Å². The minimum Gasteiger partial charge on any atom is -0.340 e. The van der Waals surface area contributed by atoms with Crippen LogP contribution in [0.25, 0.3) is 5.57 Å². The number of allylic oxidation sites excluding steroid dienone is 1. The Morgan fingerprint density at radius 2 is 1.67 bits per heavy atom. The molecule has 2 aromatic carbocycles. The molecule has 0 aliphatic carbocycles. The Morgan fingerprint density at radius 3 is 2.30 bits per heavy atom. The third kappa shape index (κ3) is 6.89. The number of nitrogens with zero attached hydrogens (tertiary/aromatic N) is 2. The van der Waals surface area contributed by atoms with Gasteiger partial charge in [-0.1, -0.05) is 63.2 Å². The van der Waals surface area contributed by atoms with Gasteiger partial charge in [-0.25, -0.2) is 0 Å². The van der Waals surface area contributed by atoms with Gasteiger partial charge in [0.2, 0.25) is 17.7 Å². The van der Waals surface area contributed by atoms with E-state index in [4.69, 9.17) is 9.79 Å². The fraction of sp³-hybridized carbons (Fsp3) is 0.452. The smallest absolute Gasteiger partial charge is 0.340 e. The number of fused-ring (bicyclic) bond motifs is 1. The Hall–Kier alpha value is -3.40. The van der Waals surface area contributed by atoms with Crippen LogP contribution in [-0.2, 0) is 31.0 Å². The lowest BCUT2D eigenvalue weighted by Gasteiger charge is -2.37. The van der Waals surface area contributed by atoms with E-state index in [-0.39, 0.29) is 11.8 Å². The van der Waals surface area contributed by atoms with E-state index in [1.165, 1.54) is 18.2 Å². The van der Waals surface area contributed by atoms with Crippen molar-refractivity contribution in [3.63, 3.8) is 0 Å². The maximum atomic E-state index is 14.0. The summed E-state index contributed by atoms with van der Waals surface area (Å²) in [5.41, 5.74) is -3.14. The fourth-order valence-corrected chi connectivity index (χ4v) is 6.10. The summed E-state index contributed by atoms with van der Waals surface area (Å²) in [6.45, 7) is 8.01. The number of likely N-dealkylation sites (tertiary alicyclic amines) is 1. The number of alkyl halides is 2. The first-order valence-corrected chi connectivity index (χ1v) is 15.9. The van der Waals surface area contributed by atoms with Crippen molar-refractivity contribution in [2.75, 3.05) is 18.0 Å². The Morgan fingerprint density at radius 1 is 1.02 bits per heavy atom. The Labute approximate surface area is 250 Å². The van der Waals surface area contributed by atoms with Gasteiger partial charge in [-0.15, -0.1) is 0 Å². The molecule has 9 nitrogen and oxygen atoms in total. The molecule has 2 aliphatic heterocycles. The third-order valence-electron chi connectivity index (χ3n) is 8.00.